The van der Waals surface area contributed by atoms with Crippen LogP contribution in [-0.2, 0) is 17.9 Å². The highest BCUT2D eigenvalue weighted by Crippen LogP contribution is 2.29. The summed E-state index contributed by atoms with van der Waals surface area (Å²) in [6.07, 6.45) is 2.25. The van der Waals surface area contributed by atoms with E-state index in [-0.39, 0.29) is 24.2 Å². The van der Waals surface area contributed by atoms with Crippen molar-refractivity contribution in [3.05, 3.63) is 45.3 Å². The molecule has 122 valence electrons. The molecule has 1 aliphatic rings. The van der Waals surface area contributed by atoms with E-state index in [1.807, 2.05) is 19.1 Å². The summed E-state index contributed by atoms with van der Waals surface area (Å²) >= 11 is 5.85. The lowest BCUT2D eigenvalue weighted by atomic mass is 10.1. The second-order valence-electron chi connectivity index (χ2n) is 5.89. The van der Waals surface area contributed by atoms with Crippen molar-refractivity contribution in [2.24, 2.45) is 5.92 Å². The summed E-state index contributed by atoms with van der Waals surface area (Å²) in [5.74, 6) is 0.240. The number of tetrazole rings is 1. The number of nitrogens with one attached hydrogen (secondary N) is 1. The number of halogens is 1. The maximum atomic E-state index is 12.1. The van der Waals surface area contributed by atoms with Gasteiger partial charge in [0, 0.05) is 5.02 Å². The number of carbonyl (C=O) groups is 1. The van der Waals surface area contributed by atoms with Gasteiger partial charge in [0.15, 0.2) is 0 Å². The first-order valence-corrected chi connectivity index (χ1v) is 7.96. The second-order valence-corrected chi connectivity index (χ2v) is 6.32. The Hall–Kier alpha value is -2.15. The fourth-order valence-corrected chi connectivity index (χ4v) is 2.45. The maximum absolute atomic E-state index is 12.1. The zero-order valence-corrected chi connectivity index (χ0v) is 13.5. The first-order valence-electron chi connectivity index (χ1n) is 7.58. The van der Waals surface area contributed by atoms with Crippen molar-refractivity contribution in [3.8, 4) is 0 Å². The van der Waals surface area contributed by atoms with Crippen LogP contribution < -0.4 is 11.0 Å². The highest BCUT2D eigenvalue weighted by molar-refractivity contribution is 6.30. The summed E-state index contributed by atoms with van der Waals surface area (Å²) in [4.78, 5) is 24.2. The Balaban J connectivity index is 1.59. The van der Waals surface area contributed by atoms with Gasteiger partial charge in [-0.05, 0) is 53.8 Å². The lowest BCUT2D eigenvalue weighted by molar-refractivity contribution is -0.122. The van der Waals surface area contributed by atoms with Gasteiger partial charge in [-0.1, -0.05) is 23.7 Å². The number of nitrogens with zero attached hydrogens (tertiary/aromatic N) is 4. The summed E-state index contributed by atoms with van der Waals surface area (Å²) in [5, 5.41) is 11.1. The summed E-state index contributed by atoms with van der Waals surface area (Å²) < 4.78 is 2.42. The molecule has 1 aromatic carbocycles. The molecule has 1 N–H and O–H groups in total. The molecule has 2 aromatic rings. The van der Waals surface area contributed by atoms with Gasteiger partial charge in [-0.3, -0.25) is 4.79 Å². The molecule has 0 bridgehead atoms. The second kappa shape index (κ2) is 6.54. The lowest BCUT2D eigenvalue weighted by Crippen LogP contribution is -2.35. The van der Waals surface area contributed by atoms with E-state index in [9.17, 15) is 9.59 Å². The number of hydrogen-bond acceptors (Lipinski definition) is 4. The van der Waals surface area contributed by atoms with Crippen molar-refractivity contribution < 1.29 is 4.79 Å². The molecule has 1 amide bonds. The fraction of sp³-hybridized carbons (Fsp3) is 0.467. The van der Waals surface area contributed by atoms with E-state index in [1.165, 1.54) is 4.68 Å². The largest absolute Gasteiger partial charge is 0.364 e. The minimum absolute atomic E-state index is 0.137. The van der Waals surface area contributed by atoms with Gasteiger partial charge in [0.25, 0.3) is 0 Å². The van der Waals surface area contributed by atoms with Crippen LogP contribution in [0.4, 0.5) is 0 Å². The van der Waals surface area contributed by atoms with E-state index >= 15 is 0 Å². The van der Waals surface area contributed by atoms with Crippen LogP contribution in [0.5, 0.6) is 0 Å². The molecule has 3 rings (SSSR count). The standard InChI is InChI=1S/C15H18ClN5O2/c1-10(12-4-6-13(16)7-5-12)17-14(22)9-21-15(23)20(18-19-21)8-11-2-3-11/h4-7,10-11H,2-3,8-9H2,1H3,(H,17,22)/t10-/m0/s1. The van der Waals surface area contributed by atoms with E-state index in [4.69, 9.17) is 11.6 Å². The van der Waals surface area contributed by atoms with Gasteiger partial charge >= 0.3 is 5.69 Å². The quantitative estimate of drug-likeness (QED) is 0.864. The number of aromatic nitrogens is 4. The molecular formula is C15H18ClN5O2. The number of amides is 1. The van der Waals surface area contributed by atoms with Crippen molar-refractivity contribution in [1.82, 2.24) is 25.1 Å². The van der Waals surface area contributed by atoms with Gasteiger partial charge in [0.2, 0.25) is 5.91 Å². The van der Waals surface area contributed by atoms with E-state index in [0.717, 1.165) is 23.1 Å². The molecule has 0 unspecified atom stereocenters. The molecule has 1 saturated carbocycles. The molecule has 1 aromatic heterocycles. The van der Waals surface area contributed by atoms with Gasteiger partial charge in [-0.2, -0.15) is 9.36 Å². The Morgan fingerprint density at radius 2 is 1.96 bits per heavy atom. The van der Waals surface area contributed by atoms with Crippen LogP contribution in [0.1, 0.15) is 31.4 Å². The van der Waals surface area contributed by atoms with Crippen molar-refractivity contribution in [2.45, 2.75) is 38.9 Å². The first-order chi connectivity index (χ1) is 11.0. The molecule has 7 nitrogen and oxygen atoms in total. The Labute approximate surface area is 138 Å². The van der Waals surface area contributed by atoms with Crippen LogP contribution in [0.2, 0.25) is 5.02 Å². The van der Waals surface area contributed by atoms with Crippen LogP contribution in [0, 0.1) is 5.92 Å². The summed E-state index contributed by atoms with van der Waals surface area (Å²) in [6.45, 7) is 2.32. The van der Waals surface area contributed by atoms with Crippen molar-refractivity contribution >= 4 is 17.5 Å². The van der Waals surface area contributed by atoms with Gasteiger partial charge in [-0.15, -0.1) is 0 Å². The zero-order chi connectivity index (χ0) is 16.4. The van der Waals surface area contributed by atoms with Crippen LogP contribution in [0.15, 0.2) is 29.1 Å². The van der Waals surface area contributed by atoms with E-state index < -0.39 is 0 Å². The van der Waals surface area contributed by atoms with E-state index in [1.54, 1.807) is 12.1 Å². The van der Waals surface area contributed by atoms with Crippen LogP contribution in [0.25, 0.3) is 0 Å². The molecule has 1 aliphatic carbocycles. The SMILES string of the molecule is C[C@H](NC(=O)Cn1nnn(CC2CC2)c1=O)c1ccc(Cl)cc1. The Bertz CT molecular complexity index is 748. The zero-order valence-electron chi connectivity index (χ0n) is 12.8. The Kier molecular flexibility index (Phi) is 4.47. The molecule has 0 aliphatic heterocycles. The molecule has 1 heterocycles. The van der Waals surface area contributed by atoms with Crippen molar-refractivity contribution in [1.29, 1.82) is 0 Å². The molecule has 0 radical (unpaired) electrons. The fourth-order valence-electron chi connectivity index (χ4n) is 2.32. The van der Waals surface area contributed by atoms with Gasteiger partial charge in [0.1, 0.15) is 6.54 Å². The first kappa shape index (κ1) is 15.7. The topological polar surface area (TPSA) is 81.8 Å². The van der Waals surface area contributed by atoms with Crippen LogP contribution in [-0.4, -0.2) is 25.7 Å². The molecule has 0 saturated heterocycles. The van der Waals surface area contributed by atoms with Gasteiger partial charge < -0.3 is 5.32 Å². The Morgan fingerprint density at radius 1 is 1.30 bits per heavy atom. The number of rotatable bonds is 6. The minimum Gasteiger partial charge on any atom is -0.348 e. The van der Waals surface area contributed by atoms with Crippen molar-refractivity contribution in [3.63, 3.8) is 0 Å². The molecule has 23 heavy (non-hydrogen) atoms. The summed E-state index contributed by atoms with van der Waals surface area (Å²) in [7, 11) is 0. The third-order valence-corrected chi connectivity index (χ3v) is 4.12. The molecule has 1 atom stereocenters. The smallest absolute Gasteiger partial charge is 0.348 e. The molecular weight excluding hydrogens is 318 g/mol. The van der Waals surface area contributed by atoms with Gasteiger partial charge in [-0.25, -0.2) is 4.79 Å². The van der Waals surface area contributed by atoms with E-state index in [0.29, 0.717) is 17.5 Å². The highest BCUT2D eigenvalue weighted by Gasteiger charge is 2.24. The number of hydrogen-bond donors (Lipinski definition) is 1. The molecule has 0 spiro atoms. The average molecular weight is 336 g/mol. The number of benzene rings is 1. The maximum Gasteiger partial charge on any atom is 0.364 e. The van der Waals surface area contributed by atoms with Crippen molar-refractivity contribution in [2.75, 3.05) is 0 Å². The highest BCUT2D eigenvalue weighted by atomic mass is 35.5. The number of carbonyl (C=O) groups excluding carboxylic acids is 1. The van der Waals surface area contributed by atoms with Crippen LogP contribution >= 0.6 is 11.6 Å². The Morgan fingerprint density at radius 3 is 2.61 bits per heavy atom. The minimum atomic E-state index is -0.341. The summed E-state index contributed by atoms with van der Waals surface area (Å²) in [6, 6.07) is 7.06. The predicted octanol–water partition coefficient (Wildman–Crippen LogP) is 1.38. The third-order valence-electron chi connectivity index (χ3n) is 3.87. The van der Waals surface area contributed by atoms with Gasteiger partial charge in [0.05, 0.1) is 12.6 Å². The normalized spacial score (nSPS) is 15.4. The summed E-state index contributed by atoms with van der Waals surface area (Å²) in [5.41, 5.74) is 0.596. The third kappa shape index (κ3) is 3.98. The monoisotopic (exact) mass is 335 g/mol. The average Bonchev–Trinajstić information content (AvgIpc) is 3.27. The molecule has 8 heteroatoms. The molecule has 1 fully saturated rings. The van der Waals surface area contributed by atoms with Crippen LogP contribution in [0.3, 0.4) is 0 Å². The van der Waals surface area contributed by atoms with E-state index in [2.05, 4.69) is 15.7 Å². The lowest BCUT2D eigenvalue weighted by Gasteiger charge is -2.14. The predicted molar refractivity (Wildman–Crippen MR) is 85.0 cm³/mol.